The molecule has 8 aliphatic rings. The van der Waals surface area contributed by atoms with Crippen LogP contribution in [0.3, 0.4) is 0 Å². The second-order valence-corrected chi connectivity index (χ2v) is 33.8. The monoisotopic (exact) mass is 1530 g/mol. The lowest BCUT2D eigenvalue weighted by Crippen LogP contribution is -2.71. The average molecular weight is 1530 g/mol. The molecule has 2 unspecified atom stereocenters. The highest BCUT2D eigenvalue weighted by Crippen LogP contribution is 2.50. The number of carbonyl (C=O) groups excluding carboxylic acids is 12. The van der Waals surface area contributed by atoms with Crippen LogP contribution in [0.15, 0.2) is 12.2 Å². The van der Waals surface area contributed by atoms with Crippen LogP contribution >= 0.6 is 0 Å². The normalized spacial score (nSPS) is 33.0. The predicted molar refractivity (Wildman–Crippen MR) is 392 cm³/mol. The van der Waals surface area contributed by atoms with E-state index in [4.69, 9.17) is 4.74 Å². The molecule has 2 saturated heterocycles. The van der Waals surface area contributed by atoms with Crippen molar-refractivity contribution < 1.29 is 84.2 Å². The third-order valence-electron chi connectivity index (χ3n) is 24.8. The summed E-state index contributed by atoms with van der Waals surface area (Å²) in [6.45, 7) is 11.8. The van der Waals surface area contributed by atoms with E-state index in [-0.39, 0.29) is 70.6 Å². The standard InChI is InChI=1S/C78H123F5N12O13/c1-15-23-56-67(99)85-65(47(5)16-2)73(105)94(51-32-33-51)43-63(98)90(12)57-26-19-18-22-35-93(72(57)104)60(38-48-29-27-46(4)28-30-48)71(103)88(10)42-61(96)84-55(34-31-49-36-53(79)64(54(80)37-49)78(81,82)83)69(101)95-41-52(108-17-3)39-58(95)68(100)86-77(44-76(6,7)45-77)75(107)92(14)66(50-24-20-21-25-50)74(106)91(13)59(70(102)87(8)9)40-62(97)89(56)11/h18-19,46-60,64-66H,15-17,20-45H2,1-14H3,(H,84,96)(H,85,99)(H,86,100)/b19-18-/t46?,47-,48?,49?,52+,53?,54?,55-,56-,57-,58-,59-,60-,64?,65-,66-/m0/s1. The largest absolute Gasteiger partial charge is 0.397 e. The molecular weight excluding hydrogens is 1410 g/mol. The zero-order valence-corrected chi connectivity index (χ0v) is 66.3. The fourth-order valence-electron chi connectivity index (χ4n) is 18.3. The quantitative estimate of drug-likeness (QED) is 0.120. The van der Waals surface area contributed by atoms with Crippen LogP contribution in [0, 0.1) is 40.9 Å². The SMILES string of the molecule is CCC[C@H]1C(=O)N[C@@H]([C@@H](C)CC)C(=O)N(C2CC2)CC(=O)N(C)[C@H]2C/C=C\CCN(C2=O)[C@@H](CC2CCC(C)CC2)C(=O)N(C)CC(=O)N[C@@H](CCC2CC(F)C(C(F)(F)F)C(F)C2)C(=O)N2C[C@H](OCC)C[C@H]2C(=O)NC2(CC(C)(C)C2)C(=O)N(C)[C@@H](C2CCCC2)C(=O)N(C)[C@H](C(=O)N(C)C)CC(=O)N1C. The highest BCUT2D eigenvalue weighted by molar-refractivity contribution is 6.01. The van der Waals surface area contributed by atoms with Crippen molar-refractivity contribution in [1.29, 1.82) is 0 Å². The summed E-state index contributed by atoms with van der Waals surface area (Å²) in [4.78, 5) is 195. The van der Waals surface area contributed by atoms with Gasteiger partial charge in [-0.15, -0.1) is 0 Å². The van der Waals surface area contributed by atoms with Gasteiger partial charge in [-0.3, -0.25) is 57.5 Å². The summed E-state index contributed by atoms with van der Waals surface area (Å²) < 4.78 is 79.2. The molecule has 108 heavy (non-hydrogen) atoms. The van der Waals surface area contributed by atoms with E-state index in [0.29, 0.717) is 63.7 Å². The summed E-state index contributed by atoms with van der Waals surface area (Å²) in [6, 6.07) is -10.9. The Morgan fingerprint density at radius 1 is 0.667 bits per heavy atom. The summed E-state index contributed by atoms with van der Waals surface area (Å²) in [7, 11) is 10.0. The van der Waals surface area contributed by atoms with Gasteiger partial charge in [0.2, 0.25) is 70.9 Å². The number of alkyl halides is 5. The van der Waals surface area contributed by atoms with Gasteiger partial charge in [0.05, 0.1) is 19.1 Å². The van der Waals surface area contributed by atoms with Gasteiger partial charge in [-0.25, -0.2) is 8.78 Å². The van der Waals surface area contributed by atoms with Crippen LogP contribution in [0.1, 0.15) is 203 Å². The topological polar surface area (TPSA) is 279 Å². The van der Waals surface area contributed by atoms with E-state index in [9.17, 15) is 37.1 Å². The van der Waals surface area contributed by atoms with Gasteiger partial charge in [0.15, 0.2) is 0 Å². The van der Waals surface area contributed by atoms with Gasteiger partial charge in [0, 0.05) is 81.5 Å². The first kappa shape index (κ1) is 86.6. The molecule has 0 aromatic rings. The number of hydrogen-bond acceptors (Lipinski definition) is 13. The van der Waals surface area contributed by atoms with Crippen molar-refractivity contribution in [2.45, 2.75) is 287 Å². The molecule has 3 N–H and O–H groups in total. The molecule has 2 bridgehead atoms. The van der Waals surface area contributed by atoms with Crippen LogP contribution in [0.25, 0.3) is 0 Å². The first-order chi connectivity index (χ1) is 50.8. The molecule has 12 atom stereocenters. The third-order valence-corrected chi connectivity index (χ3v) is 24.8. The molecule has 0 aromatic carbocycles. The Bertz CT molecular complexity index is 3250. The smallest absolute Gasteiger partial charge is 0.377 e. The van der Waals surface area contributed by atoms with Crippen LogP contribution in [0.2, 0.25) is 0 Å². The lowest BCUT2D eigenvalue weighted by molar-refractivity contribution is -0.219. The lowest BCUT2D eigenvalue weighted by atomic mass is 9.58. The number of hydrogen-bond donors (Lipinski definition) is 3. The maximum Gasteiger partial charge on any atom is 0.397 e. The fourth-order valence-corrected chi connectivity index (χ4v) is 18.3. The van der Waals surface area contributed by atoms with Crippen molar-refractivity contribution in [3.05, 3.63) is 12.2 Å². The molecule has 1 spiro atoms. The molecule has 3 aliphatic heterocycles. The Hall–Kier alpha value is -7.01. The van der Waals surface area contributed by atoms with Gasteiger partial charge in [-0.05, 0) is 132 Å². The van der Waals surface area contributed by atoms with Gasteiger partial charge < -0.3 is 64.8 Å². The van der Waals surface area contributed by atoms with Gasteiger partial charge in [-0.2, -0.15) is 13.2 Å². The third kappa shape index (κ3) is 20.6. The highest BCUT2D eigenvalue weighted by atomic mass is 19.4. The van der Waals surface area contributed by atoms with Crippen LogP contribution in [0.5, 0.6) is 0 Å². The minimum absolute atomic E-state index is 0.0276. The predicted octanol–water partition coefficient (Wildman–Crippen LogP) is 6.73. The van der Waals surface area contributed by atoms with Crippen LogP contribution in [-0.4, -0.2) is 282 Å². The van der Waals surface area contributed by atoms with E-state index in [1.807, 2.05) is 33.8 Å². The number of amides is 12. The Labute approximate surface area is 634 Å². The van der Waals surface area contributed by atoms with E-state index >= 15 is 42.3 Å². The van der Waals surface area contributed by atoms with Gasteiger partial charge >= 0.3 is 6.18 Å². The van der Waals surface area contributed by atoms with Gasteiger partial charge in [0.25, 0.3) is 0 Å². The fraction of sp³-hybridized carbons (Fsp3) is 0.821. The van der Waals surface area contributed by atoms with E-state index in [0.717, 1.165) is 35.5 Å². The summed E-state index contributed by atoms with van der Waals surface area (Å²) >= 11 is 0. The van der Waals surface area contributed by atoms with Crippen LogP contribution < -0.4 is 16.0 Å². The molecule has 0 radical (unpaired) electrons. The lowest BCUT2D eigenvalue weighted by Gasteiger charge is -2.54. The molecule has 3 heterocycles. The van der Waals surface area contributed by atoms with Crippen LogP contribution in [0.4, 0.5) is 22.0 Å². The Morgan fingerprint density at radius 3 is 1.88 bits per heavy atom. The second kappa shape index (κ2) is 36.9. The van der Waals surface area contributed by atoms with Crippen molar-refractivity contribution in [3.63, 3.8) is 0 Å². The highest BCUT2D eigenvalue weighted by Gasteiger charge is 2.60. The number of ether oxygens (including phenoxy) is 1. The number of rotatable bonds is 14. The number of carbonyl (C=O) groups is 12. The molecule has 7 fully saturated rings. The summed E-state index contributed by atoms with van der Waals surface area (Å²) in [6.07, 6.45) is -2.17. The van der Waals surface area contributed by atoms with E-state index in [1.54, 1.807) is 19.9 Å². The maximum absolute atomic E-state index is 15.8. The molecule has 8 rings (SSSR count). The summed E-state index contributed by atoms with van der Waals surface area (Å²) in [5.74, 6) is -12.8. The Kier molecular flexibility index (Phi) is 29.6. The minimum Gasteiger partial charge on any atom is -0.377 e. The van der Waals surface area contributed by atoms with E-state index in [1.165, 1.54) is 83.6 Å². The van der Waals surface area contributed by atoms with E-state index < -0.39 is 223 Å². The number of fused-ring (bicyclic) bond motifs is 3. The number of nitrogens with one attached hydrogen (secondary N) is 3. The molecule has 5 aliphatic carbocycles. The number of halogens is 5. The average Bonchev–Trinajstić information content (AvgIpc) is 1.29. The van der Waals surface area contributed by atoms with Crippen molar-refractivity contribution in [1.82, 2.24) is 60.0 Å². The number of likely N-dealkylation sites (N-methyl/N-ethyl adjacent to an activating group) is 6. The van der Waals surface area contributed by atoms with Gasteiger partial charge in [-0.1, -0.05) is 105 Å². The molecule has 30 heteroatoms. The van der Waals surface area contributed by atoms with Crippen molar-refractivity contribution in [2.24, 2.45) is 40.9 Å². The van der Waals surface area contributed by atoms with E-state index in [2.05, 4.69) is 22.9 Å². The first-order valence-electron chi connectivity index (χ1n) is 39.7. The van der Waals surface area contributed by atoms with Crippen molar-refractivity contribution in [2.75, 3.05) is 82.1 Å². The molecular formula is C78H123F5N12O13. The minimum atomic E-state index is -5.18. The van der Waals surface area contributed by atoms with Crippen molar-refractivity contribution in [3.8, 4) is 0 Å². The first-order valence-corrected chi connectivity index (χ1v) is 39.7. The summed E-state index contributed by atoms with van der Waals surface area (Å²) in [5, 5.41) is 8.74. The Balaban J connectivity index is 1.22. The molecule has 25 nitrogen and oxygen atoms in total. The number of nitrogens with zero attached hydrogens (tertiary/aromatic N) is 9. The van der Waals surface area contributed by atoms with Crippen molar-refractivity contribution >= 4 is 70.9 Å². The zero-order chi connectivity index (χ0) is 79.8. The zero-order valence-electron chi connectivity index (χ0n) is 66.3. The van der Waals surface area contributed by atoms with Gasteiger partial charge in [0.1, 0.15) is 78.7 Å². The summed E-state index contributed by atoms with van der Waals surface area (Å²) in [5.41, 5.74) is -2.28. The second-order valence-electron chi connectivity index (χ2n) is 33.8. The van der Waals surface area contributed by atoms with Crippen LogP contribution in [-0.2, 0) is 62.3 Å². The molecule has 0 aromatic heterocycles. The molecule has 12 amide bonds. The molecule has 608 valence electrons. The Morgan fingerprint density at radius 2 is 1.31 bits per heavy atom. The molecule has 5 saturated carbocycles. The maximum atomic E-state index is 15.8.